The van der Waals surface area contributed by atoms with Crippen molar-refractivity contribution in [3.63, 3.8) is 0 Å². The van der Waals surface area contributed by atoms with E-state index in [1.54, 1.807) is 12.1 Å². The van der Waals surface area contributed by atoms with E-state index >= 15 is 0 Å². The third kappa shape index (κ3) is 3.16. The first kappa shape index (κ1) is 14.9. The predicted molar refractivity (Wildman–Crippen MR) is 78.4 cm³/mol. The lowest BCUT2D eigenvalue weighted by Crippen LogP contribution is -2.02. The van der Waals surface area contributed by atoms with Crippen molar-refractivity contribution in [2.75, 3.05) is 0 Å². The predicted octanol–water partition coefficient (Wildman–Crippen LogP) is 3.56. The smallest absolute Gasteiger partial charge is 0.279 e. The van der Waals surface area contributed by atoms with Gasteiger partial charge in [-0.1, -0.05) is 15.9 Å². The Kier molecular flexibility index (Phi) is 4.18. The molecule has 0 saturated heterocycles. The maximum Gasteiger partial charge on any atom is 0.279 e. The molecule has 0 fully saturated rings. The fourth-order valence-corrected chi connectivity index (χ4v) is 2.38. The molecule has 21 heavy (non-hydrogen) atoms. The second-order valence-electron chi connectivity index (χ2n) is 4.24. The molecular formula is C13H9BrN2O5. The van der Waals surface area contributed by atoms with Crippen molar-refractivity contribution in [3.8, 4) is 5.75 Å². The van der Waals surface area contributed by atoms with Crippen LogP contribution in [-0.4, -0.2) is 15.0 Å². The number of hydrogen-bond donors (Lipinski definition) is 1. The van der Waals surface area contributed by atoms with Gasteiger partial charge in [0.25, 0.3) is 11.4 Å². The summed E-state index contributed by atoms with van der Waals surface area (Å²) in [6.07, 6.45) is -0.112. The number of nitro groups is 2. The van der Waals surface area contributed by atoms with E-state index in [0.29, 0.717) is 10.0 Å². The van der Waals surface area contributed by atoms with Crippen LogP contribution in [0.3, 0.4) is 0 Å². The molecular weight excluding hydrogens is 344 g/mol. The van der Waals surface area contributed by atoms with Crippen LogP contribution in [0.5, 0.6) is 5.75 Å². The van der Waals surface area contributed by atoms with Gasteiger partial charge in [0.2, 0.25) is 0 Å². The minimum Gasteiger partial charge on any atom is -0.508 e. The summed E-state index contributed by atoms with van der Waals surface area (Å²) in [7, 11) is 0. The summed E-state index contributed by atoms with van der Waals surface area (Å²) in [5.41, 5.74) is -0.366. The van der Waals surface area contributed by atoms with Gasteiger partial charge in [-0.05, 0) is 29.8 Å². The summed E-state index contributed by atoms with van der Waals surface area (Å²) in [4.78, 5) is 20.8. The normalized spacial score (nSPS) is 10.3. The molecule has 108 valence electrons. The number of nitrogens with zero attached hydrogens (tertiary/aromatic N) is 2. The van der Waals surface area contributed by atoms with Crippen LogP contribution in [0.15, 0.2) is 40.9 Å². The van der Waals surface area contributed by atoms with E-state index in [0.717, 1.165) is 0 Å². The lowest BCUT2D eigenvalue weighted by atomic mass is 10.0. The van der Waals surface area contributed by atoms with Crippen molar-refractivity contribution in [1.82, 2.24) is 0 Å². The molecule has 0 aliphatic rings. The summed E-state index contributed by atoms with van der Waals surface area (Å²) < 4.78 is 0.663. The van der Waals surface area contributed by atoms with Crippen LogP contribution in [0.25, 0.3) is 0 Å². The molecule has 0 unspecified atom stereocenters. The van der Waals surface area contributed by atoms with E-state index in [9.17, 15) is 25.3 Å². The fourth-order valence-electron chi connectivity index (χ4n) is 1.97. The Morgan fingerprint density at radius 3 is 2.14 bits per heavy atom. The van der Waals surface area contributed by atoms with Gasteiger partial charge in [0.05, 0.1) is 9.85 Å². The van der Waals surface area contributed by atoms with Crippen molar-refractivity contribution in [1.29, 1.82) is 0 Å². The molecule has 8 heteroatoms. The molecule has 0 radical (unpaired) electrons. The first-order chi connectivity index (χ1) is 9.90. The average molecular weight is 353 g/mol. The van der Waals surface area contributed by atoms with Crippen LogP contribution >= 0.6 is 15.9 Å². The van der Waals surface area contributed by atoms with Crippen molar-refractivity contribution >= 4 is 27.3 Å². The molecule has 0 atom stereocenters. The molecule has 0 heterocycles. The zero-order chi connectivity index (χ0) is 15.6. The lowest BCUT2D eigenvalue weighted by molar-refractivity contribution is -0.395. The van der Waals surface area contributed by atoms with Crippen LogP contribution < -0.4 is 0 Å². The van der Waals surface area contributed by atoms with Gasteiger partial charge in [-0.2, -0.15) is 0 Å². The highest BCUT2D eigenvalue weighted by Gasteiger charge is 2.25. The Morgan fingerprint density at radius 1 is 1.05 bits per heavy atom. The third-order valence-electron chi connectivity index (χ3n) is 2.93. The Bertz CT molecular complexity index is 700. The number of phenols is 1. The van der Waals surface area contributed by atoms with Gasteiger partial charge in [0.15, 0.2) is 0 Å². The highest BCUT2D eigenvalue weighted by molar-refractivity contribution is 9.10. The zero-order valence-electron chi connectivity index (χ0n) is 10.5. The number of hydrogen-bond acceptors (Lipinski definition) is 5. The maximum atomic E-state index is 11.0. The van der Waals surface area contributed by atoms with E-state index in [1.165, 1.54) is 24.3 Å². The molecule has 0 spiro atoms. The van der Waals surface area contributed by atoms with Gasteiger partial charge >= 0.3 is 0 Å². The van der Waals surface area contributed by atoms with E-state index in [2.05, 4.69) is 15.9 Å². The molecule has 1 N–H and O–H groups in total. The Hall–Kier alpha value is -2.48. The largest absolute Gasteiger partial charge is 0.508 e. The Balaban J connectivity index is 2.59. The molecule has 2 aromatic rings. The van der Waals surface area contributed by atoms with Crippen molar-refractivity contribution < 1.29 is 15.0 Å². The van der Waals surface area contributed by atoms with Crippen LogP contribution in [0.1, 0.15) is 11.1 Å². The molecule has 7 nitrogen and oxygen atoms in total. The number of phenolic OH excluding ortho intramolecular Hbond substituents is 1. The number of benzene rings is 2. The Labute approximate surface area is 127 Å². The molecule has 0 amide bonds. The van der Waals surface area contributed by atoms with Crippen LogP contribution in [0, 0.1) is 20.2 Å². The molecule has 2 rings (SSSR count). The number of nitro benzene ring substituents is 2. The van der Waals surface area contributed by atoms with E-state index in [4.69, 9.17) is 0 Å². The zero-order valence-corrected chi connectivity index (χ0v) is 12.1. The first-order valence-corrected chi connectivity index (χ1v) is 6.57. The summed E-state index contributed by atoms with van der Waals surface area (Å²) in [6, 6.07) is 8.26. The van der Waals surface area contributed by atoms with Crippen molar-refractivity contribution in [2.45, 2.75) is 6.42 Å². The monoisotopic (exact) mass is 352 g/mol. The molecule has 0 saturated carbocycles. The van der Waals surface area contributed by atoms with Crippen molar-refractivity contribution in [3.05, 3.63) is 72.2 Å². The molecule has 0 aromatic heterocycles. The Morgan fingerprint density at radius 2 is 1.62 bits per heavy atom. The SMILES string of the molecule is O=[N+]([O-])c1cccc([N+](=O)[O-])c1Cc1cc(Br)ccc1O. The topological polar surface area (TPSA) is 107 Å². The summed E-state index contributed by atoms with van der Waals surface area (Å²) in [6.45, 7) is 0. The van der Waals surface area contributed by atoms with E-state index in [-0.39, 0.29) is 29.1 Å². The van der Waals surface area contributed by atoms with Gasteiger partial charge in [-0.15, -0.1) is 0 Å². The minimum absolute atomic E-state index is 0.0408. The molecule has 0 bridgehead atoms. The van der Waals surface area contributed by atoms with Crippen LogP contribution in [0.4, 0.5) is 11.4 Å². The number of halogens is 1. The lowest BCUT2D eigenvalue weighted by Gasteiger charge is -2.07. The highest BCUT2D eigenvalue weighted by Crippen LogP contribution is 2.33. The summed E-state index contributed by atoms with van der Waals surface area (Å²) in [5.74, 6) is -0.0781. The first-order valence-electron chi connectivity index (χ1n) is 5.78. The van der Waals surface area contributed by atoms with Crippen molar-refractivity contribution in [2.24, 2.45) is 0 Å². The third-order valence-corrected chi connectivity index (χ3v) is 3.42. The number of aromatic hydroxyl groups is 1. The van der Waals surface area contributed by atoms with E-state index in [1.807, 2.05) is 0 Å². The van der Waals surface area contributed by atoms with E-state index < -0.39 is 9.85 Å². The minimum atomic E-state index is -0.669. The standard InChI is InChI=1S/C13H9BrN2O5/c14-9-4-5-13(17)8(6-9)7-10-11(15(18)19)2-1-3-12(10)16(20)21/h1-6,17H,7H2. The van der Waals surface area contributed by atoms with Gasteiger partial charge < -0.3 is 5.11 Å². The molecule has 0 aliphatic carbocycles. The van der Waals surface area contributed by atoms with Gasteiger partial charge in [-0.3, -0.25) is 20.2 Å². The quantitative estimate of drug-likeness (QED) is 0.668. The maximum absolute atomic E-state index is 11.0. The second kappa shape index (κ2) is 5.88. The van der Waals surface area contributed by atoms with Crippen LogP contribution in [0.2, 0.25) is 0 Å². The highest BCUT2D eigenvalue weighted by atomic mass is 79.9. The second-order valence-corrected chi connectivity index (χ2v) is 5.15. The molecule has 0 aliphatic heterocycles. The summed E-state index contributed by atoms with van der Waals surface area (Å²) in [5, 5.41) is 31.9. The van der Waals surface area contributed by atoms with Gasteiger partial charge in [0.1, 0.15) is 11.3 Å². The summed E-state index contributed by atoms with van der Waals surface area (Å²) >= 11 is 3.23. The average Bonchev–Trinajstić information content (AvgIpc) is 2.42. The fraction of sp³-hybridized carbons (Fsp3) is 0.0769. The van der Waals surface area contributed by atoms with Crippen LogP contribution in [-0.2, 0) is 6.42 Å². The molecule has 2 aromatic carbocycles. The number of rotatable bonds is 4. The van der Waals surface area contributed by atoms with Gasteiger partial charge in [-0.25, -0.2) is 0 Å². The van der Waals surface area contributed by atoms with Gasteiger partial charge in [0, 0.05) is 23.0 Å².